The number of hydrogen-bond donors (Lipinski definition) is 3. The Balaban J connectivity index is 4.02. The Labute approximate surface area is 282 Å². The fraction of sp³-hybridized carbons (Fsp3) is 0.780. The van der Waals surface area contributed by atoms with E-state index in [9.17, 15) is 0 Å². The number of hydrogen-bond acceptors (Lipinski definition) is 2. The molecule has 262 valence electrons. The van der Waals surface area contributed by atoms with E-state index in [4.69, 9.17) is 11.1 Å². The predicted octanol–water partition coefficient (Wildman–Crippen LogP) is 12.0. The van der Waals surface area contributed by atoms with Crippen LogP contribution in [-0.2, 0) is 0 Å². The van der Waals surface area contributed by atoms with Crippen molar-refractivity contribution >= 4 is 5.96 Å². The summed E-state index contributed by atoms with van der Waals surface area (Å²) < 4.78 is 0. The highest BCUT2D eigenvalue weighted by Gasteiger charge is 2.12. The zero-order valence-corrected chi connectivity index (χ0v) is 30.5. The summed E-state index contributed by atoms with van der Waals surface area (Å²) in [4.78, 5) is 2.44. The molecule has 0 heterocycles. The molecule has 0 aromatic rings. The summed E-state index contributed by atoms with van der Waals surface area (Å²) in [6.07, 6.45) is 51.8. The molecule has 0 amide bonds. The van der Waals surface area contributed by atoms with Gasteiger partial charge in [-0.15, -0.1) is 0 Å². The van der Waals surface area contributed by atoms with Gasteiger partial charge in [-0.05, 0) is 83.6 Å². The first-order valence-corrected chi connectivity index (χ1v) is 19.5. The Bertz CT molecular complexity index is 723. The van der Waals surface area contributed by atoms with Crippen molar-refractivity contribution in [3.63, 3.8) is 0 Å². The summed E-state index contributed by atoms with van der Waals surface area (Å²) in [5.74, 6) is 0.867. The smallest absolute Gasteiger partial charge is 0.185 e. The van der Waals surface area contributed by atoms with Crippen LogP contribution in [0.5, 0.6) is 0 Å². The Morgan fingerprint density at radius 2 is 0.978 bits per heavy atom. The standard InChI is InChI=1S/C41H78N4/c1-4-6-8-10-12-14-16-18-20-22-24-26-28-30-32-34-36-40(39-45(3)38-37-44-41(42)43)35-33-31-29-27-25-23-21-19-17-15-13-11-9-7-5-2/h11-14,17-20,40H,4-10,15-16,21-39H2,1-3H3,(H4,42,43,44)/b13-11-,14-12-,19-17-,20-18-. The van der Waals surface area contributed by atoms with E-state index >= 15 is 0 Å². The van der Waals surface area contributed by atoms with Crippen LogP contribution in [0.4, 0.5) is 0 Å². The van der Waals surface area contributed by atoms with Crippen molar-refractivity contribution in [3.05, 3.63) is 48.6 Å². The molecule has 0 aromatic carbocycles. The summed E-state index contributed by atoms with van der Waals surface area (Å²) in [5.41, 5.74) is 5.47. The molecule has 45 heavy (non-hydrogen) atoms. The minimum atomic E-state index is 0.0762. The number of guanidine groups is 1. The Kier molecular flexibility index (Phi) is 35.2. The number of allylic oxidation sites excluding steroid dienone is 8. The quantitative estimate of drug-likeness (QED) is 0.0288. The molecule has 0 spiro atoms. The van der Waals surface area contributed by atoms with Crippen molar-refractivity contribution in [2.75, 3.05) is 26.7 Å². The highest BCUT2D eigenvalue weighted by Crippen LogP contribution is 2.20. The average Bonchev–Trinajstić information content (AvgIpc) is 3.02. The predicted molar refractivity (Wildman–Crippen MR) is 204 cm³/mol. The van der Waals surface area contributed by atoms with Gasteiger partial charge in [-0.1, -0.05) is 152 Å². The van der Waals surface area contributed by atoms with Crippen molar-refractivity contribution in [1.82, 2.24) is 10.2 Å². The maximum Gasteiger partial charge on any atom is 0.185 e. The van der Waals surface area contributed by atoms with Crippen molar-refractivity contribution in [2.24, 2.45) is 11.7 Å². The van der Waals surface area contributed by atoms with E-state index in [1.165, 1.54) is 154 Å². The van der Waals surface area contributed by atoms with Gasteiger partial charge in [0.2, 0.25) is 0 Å². The second kappa shape index (κ2) is 36.7. The first kappa shape index (κ1) is 43.2. The van der Waals surface area contributed by atoms with Crippen LogP contribution in [0.3, 0.4) is 0 Å². The van der Waals surface area contributed by atoms with E-state index in [1.807, 2.05) is 0 Å². The molecule has 0 aliphatic rings. The van der Waals surface area contributed by atoms with Gasteiger partial charge < -0.3 is 16.0 Å². The van der Waals surface area contributed by atoms with Crippen LogP contribution in [0.2, 0.25) is 0 Å². The molecule has 4 N–H and O–H groups in total. The van der Waals surface area contributed by atoms with Gasteiger partial charge in [-0.3, -0.25) is 5.41 Å². The van der Waals surface area contributed by atoms with E-state index in [1.54, 1.807) is 0 Å². The van der Waals surface area contributed by atoms with Gasteiger partial charge in [0.1, 0.15) is 0 Å². The molecule has 1 atom stereocenters. The van der Waals surface area contributed by atoms with Crippen LogP contribution < -0.4 is 11.1 Å². The molecule has 4 nitrogen and oxygen atoms in total. The van der Waals surface area contributed by atoms with Gasteiger partial charge in [-0.2, -0.15) is 0 Å². The van der Waals surface area contributed by atoms with Crippen LogP contribution in [0, 0.1) is 11.3 Å². The van der Waals surface area contributed by atoms with Crippen LogP contribution >= 0.6 is 0 Å². The highest BCUT2D eigenvalue weighted by molar-refractivity contribution is 5.74. The third-order valence-corrected chi connectivity index (χ3v) is 8.75. The number of rotatable bonds is 34. The lowest BCUT2D eigenvalue weighted by molar-refractivity contribution is 0.252. The van der Waals surface area contributed by atoms with Crippen molar-refractivity contribution in [2.45, 2.75) is 174 Å². The van der Waals surface area contributed by atoms with Crippen molar-refractivity contribution in [1.29, 1.82) is 5.41 Å². The third kappa shape index (κ3) is 36.5. The summed E-state index contributed by atoms with van der Waals surface area (Å²) in [6.45, 7) is 7.39. The first-order chi connectivity index (χ1) is 22.1. The zero-order chi connectivity index (χ0) is 32.9. The van der Waals surface area contributed by atoms with Crippen LogP contribution in [0.15, 0.2) is 48.6 Å². The maximum absolute atomic E-state index is 7.39. The fourth-order valence-corrected chi connectivity index (χ4v) is 5.89. The Hall–Kier alpha value is -1.81. The number of nitrogens with two attached hydrogens (primary N) is 1. The molecular weight excluding hydrogens is 548 g/mol. The minimum Gasteiger partial charge on any atom is -0.370 e. The topological polar surface area (TPSA) is 65.1 Å². The second-order valence-corrected chi connectivity index (χ2v) is 13.4. The SMILES string of the molecule is CCCC/C=C\C/C=C\CCCCCCCCC(CCCCCCCC/C=C\C/C=C\CCCCC)CN(C)CCNC(=N)N. The third-order valence-electron chi connectivity index (χ3n) is 8.75. The minimum absolute atomic E-state index is 0.0762. The van der Waals surface area contributed by atoms with Crippen LogP contribution in [0.25, 0.3) is 0 Å². The highest BCUT2D eigenvalue weighted by atomic mass is 15.1. The van der Waals surface area contributed by atoms with E-state index in [-0.39, 0.29) is 5.96 Å². The van der Waals surface area contributed by atoms with Crippen LogP contribution in [-0.4, -0.2) is 37.5 Å². The lowest BCUT2D eigenvalue weighted by Crippen LogP contribution is -2.38. The number of unbranched alkanes of at least 4 members (excludes halogenated alkanes) is 17. The van der Waals surface area contributed by atoms with Crippen LogP contribution in [0.1, 0.15) is 174 Å². The molecule has 0 aromatic heterocycles. The van der Waals surface area contributed by atoms with Gasteiger partial charge in [0, 0.05) is 19.6 Å². The van der Waals surface area contributed by atoms with E-state index in [0.29, 0.717) is 0 Å². The molecule has 0 bridgehead atoms. The summed E-state index contributed by atoms with van der Waals surface area (Å²) >= 11 is 0. The molecule has 0 radical (unpaired) electrons. The van der Waals surface area contributed by atoms with Gasteiger partial charge in [0.05, 0.1) is 0 Å². The zero-order valence-electron chi connectivity index (χ0n) is 30.5. The number of likely N-dealkylation sites (N-methyl/N-ethyl adjacent to an activating group) is 1. The van der Waals surface area contributed by atoms with Crippen molar-refractivity contribution < 1.29 is 0 Å². The number of nitrogens with one attached hydrogen (secondary N) is 2. The molecule has 0 saturated heterocycles. The molecular formula is C41H78N4. The summed E-state index contributed by atoms with van der Waals surface area (Å²) in [7, 11) is 2.23. The summed E-state index contributed by atoms with van der Waals surface area (Å²) in [6, 6.07) is 0. The maximum atomic E-state index is 7.39. The molecule has 1 unspecified atom stereocenters. The van der Waals surface area contributed by atoms with Crippen molar-refractivity contribution in [3.8, 4) is 0 Å². The number of nitrogens with zero attached hydrogens (tertiary/aromatic N) is 1. The second-order valence-electron chi connectivity index (χ2n) is 13.4. The summed E-state index contributed by atoms with van der Waals surface area (Å²) in [5, 5.41) is 10.4. The molecule has 0 fully saturated rings. The lowest BCUT2D eigenvalue weighted by atomic mass is 9.93. The Morgan fingerprint density at radius 1 is 0.578 bits per heavy atom. The fourth-order valence-electron chi connectivity index (χ4n) is 5.89. The molecule has 4 heteroatoms. The van der Waals surface area contributed by atoms with E-state index < -0.39 is 0 Å². The van der Waals surface area contributed by atoms with E-state index in [0.717, 1.165) is 31.8 Å². The van der Waals surface area contributed by atoms with Gasteiger partial charge in [0.15, 0.2) is 5.96 Å². The molecule has 0 aliphatic carbocycles. The molecule has 0 saturated carbocycles. The van der Waals surface area contributed by atoms with Gasteiger partial charge in [-0.25, -0.2) is 0 Å². The first-order valence-electron chi connectivity index (χ1n) is 19.5. The van der Waals surface area contributed by atoms with E-state index in [2.05, 4.69) is 79.7 Å². The molecule has 0 rings (SSSR count). The molecule has 0 aliphatic heterocycles. The monoisotopic (exact) mass is 627 g/mol. The lowest BCUT2D eigenvalue weighted by Gasteiger charge is -2.24. The van der Waals surface area contributed by atoms with Gasteiger partial charge in [0.25, 0.3) is 0 Å². The van der Waals surface area contributed by atoms with Gasteiger partial charge >= 0.3 is 0 Å². The normalized spacial score (nSPS) is 13.0. The largest absolute Gasteiger partial charge is 0.370 e. The Morgan fingerprint density at radius 3 is 1.42 bits per heavy atom. The average molecular weight is 627 g/mol.